The zero-order chi connectivity index (χ0) is 18.9. The Morgan fingerprint density at radius 1 is 1.04 bits per heavy atom. The van der Waals surface area contributed by atoms with Crippen LogP contribution in [0.1, 0.15) is 27.0 Å². The van der Waals surface area contributed by atoms with E-state index in [9.17, 15) is 4.79 Å². The maximum absolute atomic E-state index is 12.6. The molecule has 0 aliphatic heterocycles. The van der Waals surface area contributed by atoms with E-state index in [4.69, 9.17) is 4.74 Å². The molecule has 0 aliphatic rings. The zero-order valence-corrected chi connectivity index (χ0v) is 16.0. The van der Waals surface area contributed by atoms with Gasteiger partial charge in [0.25, 0.3) is 0 Å². The molecule has 3 rings (SSSR count). The van der Waals surface area contributed by atoms with Crippen molar-refractivity contribution in [3.8, 4) is 5.75 Å². The summed E-state index contributed by atoms with van der Waals surface area (Å²) in [4.78, 5) is 17.1. The first-order valence-electron chi connectivity index (χ1n) is 8.71. The lowest BCUT2D eigenvalue weighted by molar-refractivity contribution is -0.884. The van der Waals surface area contributed by atoms with Crippen LogP contribution < -0.4 is 4.74 Å². The van der Waals surface area contributed by atoms with Crippen LogP contribution >= 0.6 is 0 Å². The number of carbonyl (C=O) groups is 1. The number of carbonyl (C=O) groups excluding carboxylic acids is 1. The average molecular weight is 349 g/mol. The van der Waals surface area contributed by atoms with Crippen molar-refractivity contribution in [1.29, 1.82) is 0 Å². The minimum absolute atomic E-state index is 0.360. The molecule has 0 spiro atoms. The predicted molar refractivity (Wildman–Crippen MR) is 104 cm³/mol. The molecule has 4 nitrogen and oxygen atoms in total. The zero-order valence-electron chi connectivity index (χ0n) is 16.0. The minimum Gasteiger partial charge on any atom is -0.420 e. The van der Waals surface area contributed by atoms with Gasteiger partial charge in [0.2, 0.25) is 0 Å². The van der Waals surface area contributed by atoms with Gasteiger partial charge in [-0.1, -0.05) is 24.3 Å². The second-order valence-electron chi connectivity index (χ2n) is 7.77. The van der Waals surface area contributed by atoms with E-state index >= 15 is 0 Å². The van der Waals surface area contributed by atoms with Crippen LogP contribution in [0.5, 0.6) is 5.75 Å². The Hall–Kier alpha value is -2.72. The molecule has 0 amide bonds. The highest BCUT2D eigenvalue weighted by Gasteiger charge is 2.16. The molecule has 0 saturated carbocycles. The van der Waals surface area contributed by atoms with Gasteiger partial charge in [-0.15, -0.1) is 0 Å². The molecular formula is C22H25N2O2+. The van der Waals surface area contributed by atoms with Crippen LogP contribution in [0.25, 0.3) is 10.9 Å². The Morgan fingerprint density at radius 3 is 2.38 bits per heavy atom. The maximum Gasteiger partial charge on any atom is 0.343 e. The summed E-state index contributed by atoms with van der Waals surface area (Å²) in [5.41, 5.74) is 4.48. The fourth-order valence-electron chi connectivity index (χ4n) is 3.13. The maximum atomic E-state index is 12.6. The average Bonchev–Trinajstić information content (AvgIpc) is 2.57. The molecule has 1 heterocycles. The van der Waals surface area contributed by atoms with Crippen LogP contribution in [0, 0.1) is 13.8 Å². The predicted octanol–water partition coefficient (Wildman–Crippen LogP) is 4.28. The molecule has 0 aliphatic carbocycles. The quantitative estimate of drug-likeness (QED) is 0.401. The van der Waals surface area contributed by atoms with Gasteiger partial charge in [-0.2, -0.15) is 0 Å². The third kappa shape index (κ3) is 3.92. The van der Waals surface area contributed by atoms with Gasteiger partial charge in [0, 0.05) is 17.1 Å². The molecule has 26 heavy (non-hydrogen) atoms. The Bertz CT molecular complexity index is 954. The van der Waals surface area contributed by atoms with Gasteiger partial charge in [-0.25, -0.2) is 4.79 Å². The molecule has 0 saturated heterocycles. The summed E-state index contributed by atoms with van der Waals surface area (Å²) in [7, 11) is 6.42. The summed E-state index contributed by atoms with van der Waals surface area (Å²) in [5, 5.41) is 0.999. The van der Waals surface area contributed by atoms with Gasteiger partial charge in [-0.3, -0.25) is 4.98 Å². The molecule has 0 bridgehead atoms. The van der Waals surface area contributed by atoms with Crippen molar-refractivity contribution in [2.45, 2.75) is 20.4 Å². The van der Waals surface area contributed by atoms with Crippen molar-refractivity contribution < 1.29 is 14.0 Å². The van der Waals surface area contributed by atoms with E-state index in [-0.39, 0.29) is 5.97 Å². The molecule has 0 N–H and O–H groups in total. The molecule has 134 valence electrons. The number of nitrogens with zero attached hydrogens (tertiary/aromatic N) is 2. The molecular weight excluding hydrogens is 324 g/mol. The number of esters is 1. The normalized spacial score (nSPS) is 11.6. The summed E-state index contributed by atoms with van der Waals surface area (Å²) in [6, 6.07) is 13.5. The number of hydrogen-bond donors (Lipinski definition) is 0. The first-order valence-corrected chi connectivity index (χ1v) is 8.71. The Balaban J connectivity index is 1.88. The van der Waals surface area contributed by atoms with Crippen molar-refractivity contribution in [2.75, 3.05) is 21.1 Å². The Morgan fingerprint density at radius 2 is 1.73 bits per heavy atom. The van der Waals surface area contributed by atoms with E-state index < -0.39 is 0 Å². The molecule has 0 unspecified atom stereocenters. The monoisotopic (exact) mass is 349 g/mol. The molecule has 0 atom stereocenters. The lowest BCUT2D eigenvalue weighted by Crippen LogP contribution is -2.33. The molecule has 0 radical (unpaired) electrons. The molecule has 4 heteroatoms. The number of ether oxygens (including phenoxy) is 1. The molecule has 0 fully saturated rings. The Labute approximate surface area is 154 Å². The summed E-state index contributed by atoms with van der Waals surface area (Å²) in [6.45, 7) is 4.88. The van der Waals surface area contributed by atoms with Gasteiger partial charge in [0.05, 0.1) is 26.7 Å². The van der Waals surface area contributed by atoms with E-state index in [2.05, 4.69) is 26.1 Å². The van der Waals surface area contributed by atoms with E-state index in [0.717, 1.165) is 33.1 Å². The number of pyridine rings is 1. The van der Waals surface area contributed by atoms with Gasteiger partial charge in [0.1, 0.15) is 12.1 Å². The highest BCUT2D eigenvalue weighted by atomic mass is 16.5. The third-order valence-electron chi connectivity index (χ3n) is 4.28. The minimum atomic E-state index is -0.360. The summed E-state index contributed by atoms with van der Waals surface area (Å²) in [6.07, 6.45) is 1.72. The van der Waals surface area contributed by atoms with Crippen LogP contribution in [-0.2, 0) is 6.54 Å². The lowest BCUT2D eigenvalue weighted by atomic mass is 10.0. The number of hydrogen-bond acceptors (Lipinski definition) is 3. The fraction of sp³-hybridized carbons (Fsp3) is 0.273. The summed E-state index contributed by atoms with van der Waals surface area (Å²) >= 11 is 0. The standard InChI is InChI=1S/C22H25N2O2/c1-15-13-16(2)21(20-19(15)7-6-12-23-20)26-22(25)18-10-8-17(9-11-18)14-24(3,4)5/h6-13H,14H2,1-5H3/q+1. The first kappa shape index (κ1) is 18.1. The van der Waals surface area contributed by atoms with Crippen LogP contribution in [0.4, 0.5) is 0 Å². The molecule has 3 aromatic rings. The Kier molecular flexibility index (Phi) is 4.79. The highest BCUT2D eigenvalue weighted by molar-refractivity contribution is 5.95. The van der Waals surface area contributed by atoms with Crippen molar-refractivity contribution in [3.63, 3.8) is 0 Å². The second-order valence-corrected chi connectivity index (χ2v) is 7.77. The fourth-order valence-corrected chi connectivity index (χ4v) is 3.13. The van der Waals surface area contributed by atoms with Gasteiger partial charge >= 0.3 is 5.97 Å². The van der Waals surface area contributed by atoms with E-state index in [1.807, 2.05) is 56.3 Å². The second kappa shape index (κ2) is 6.89. The van der Waals surface area contributed by atoms with Crippen molar-refractivity contribution in [2.24, 2.45) is 0 Å². The SMILES string of the molecule is Cc1cc(C)c2cccnc2c1OC(=O)c1ccc(C[N+](C)(C)C)cc1. The number of aromatic nitrogens is 1. The van der Waals surface area contributed by atoms with Crippen LogP contribution in [0.2, 0.25) is 0 Å². The van der Waals surface area contributed by atoms with Crippen molar-refractivity contribution in [1.82, 2.24) is 4.98 Å². The highest BCUT2D eigenvalue weighted by Crippen LogP contribution is 2.31. The number of aryl methyl sites for hydroxylation is 2. The number of rotatable bonds is 4. The third-order valence-corrected chi connectivity index (χ3v) is 4.28. The van der Waals surface area contributed by atoms with Crippen molar-refractivity contribution >= 4 is 16.9 Å². The number of benzene rings is 2. The van der Waals surface area contributed by atoms with Crippen molar-refractivity contribution in [3.05, 3.63) is 70.9 Å². The molecule has 1 aromatic heterocycles. The topological polar surface area (TPSA) is 39.2 Å². The number of fused-ring (bicyclic) bond motifs is 1. The smallest absolute Gasteiger partial charge is 0.343 e. The summed E-state index contributed by atoms with van der Waals surface area (Å²) < 4.78 is 6.57. The van der Waals surface area contributed by atoms with Crippen LogP contribution in [-0.4, -0.2) is 36.6 Å². The van der Waals surface area contributed by atoms with Crippen LogP contribution in [0.15, 0.2) is 48.7 Å². The van der Waals surface area contributed by atoms with Gasteiger partial charge in [0.15, 0.2) is 5.75 Å². The van der Waals surface area contributed by atoms with Gasteiger partial charge < -0.3 is 9.22 Å². The first-order chi connectivity index (χ1) is 12.2. The van der Waals surface area contributed by atoms with Gasteiger partial charge in [-0.05, 0) is 43.2 Å². The largest absolute Gasteiger partial charge is 0.420 e. The lowest BCUT2D eigenvalue weighted by Gasteiger charge is -2.23. The number of quaternary nitrogens is 1. The van der Waals surface area contributed by atoms with Crippen LogP contribution in [0.3, 0.4) is 0 Å². The van der Waals surface area contributed by atoms with E-state index in [1.165, 1.54) is 5.56 Å². The van der Waals surface area contributed by atoms with E-state index in [1.54, 1.807) is 6.20 Å². The molecule has 2 aromatic carbocycles. The van der Waals surface area contributed by atoms with E-state index in [0.29, 0.717) is 11.3 Å². The summed E-state index contributed by atoms with van der Waals surface area (Å²) in [5.74, 6) is 0.173.